The Balaban J connectivity index is 0.000000640. The molecule has 1 rings (SSSR count). The van der Waals surface area contributed by atoms with Gasteiger partial charge in [0.15, 0.2) is 0 Å². The van der Waals surface area contributed by atoms with Gasteiger partial charge in [-0.25, -0.2) is 0 Å². The lowest BCUT2D eigenvalue weighted by Gasteiger charge is -2.06. The lowest BCUT2D eigenvalue weighted by Crippen LogP contribution is -2.05. The van der Waals surface area contributed by atoms with Gasteiger partial charge in [0.05, 0.1) is 6.10 Å². The van der Waals surface area contributed by atoms with Gasteiger partial charge in [0, 0.05) is 6.61 Å². The van der Waals surface area contributed by atoms with Crippen LogP contribution in [0.15, 0.2) is 0 Å². The predicted molar refractivity (Wildman–Crippen MR) is 38.9 cm³/mol. The Bertz CT molecular complexity index is 59.9. The van der Waals surface area contributed by atoms with Crippen LogP contribution in [0, 0.1) is 0 Å². The molecule has 0 bridgehead atoms. The molecule has 0 aromatic heterocycles. The Kier molecular flexibility index (Phi) is 4.72. The molecule has 2 heteroatoms. The Morgan fingerprint density at radius 2 is 1.89 bits per heavy atom. The third-order valence-electron chi connectivity index (χ3n) is 1.70. The zero-order chi connectivity index (χ0) is 5.82. The first kappa shape index (κ1) is 8.92. The molecule has 0 aromatic carbocycles. The van der Waals surface area contributed by atoms with E-state index in [2.05, 4.69) is 6.92 Å². The Morgan fingerprint density at radius 1 is 1.33 bits per heavy atom. The van der Waals surface area contributed by atoms with E-state index in [-0.39, 0.29) is 6.15 Å². The van der Waals surface area contributed by atoms with E-state index >= 15 is 0 Å². The number of ether oxygens (including phenoxy) is 1. The van der Waals surface area contributed by atoms with Crippen molar-refractivity contribution >= 4 is 0 Å². The van der Waals surface area contributed by atoms with Crippen LogP contribution >= 0.6 is 0 Å². The van der Waals surface area contributed by atoms with Crippen LogP contribution < -0.4 is 6.15 Å². The van der Waals surface area contributed by atoms with Gasteiger partial charge in [0.25, 0.3) is 0 Å². The van der Waals surface area contributed by atoms with Crippen molar-refractivity contribution in [1.82, 2.24) is 6.15 Å². The molecule has 0 spiro atoms. The van der Waals surface area contributed by atoms with Crippen molar-refractivity contribution in [3.05, 3.63) is 0 Å². The molecule has 1 aliphatic rings. The second-order valence-electron chi connectivity index (χ2n) is 2.36. The van der Waals surface area contributed by atoms with Gasteiger partial charge in [-0.05, 0) is 19.8 Å². The fraction of sp³-hybridized carbons (Fsp3) is 1.00. The molecule has 0 radical (unpaired) electrons. The summed E-state index contributed by atoms with van der Waals surface area (Å²) < 4.78 is 5.40. The lowest BCUT2D eigenvalue weighted by molar-refractivity contribution is 0.0685. The minimum atomic E-state index is 0. The Hall–Kier alpha value is -0.0800. The van der Waals surface area contributed by atoms with Crippen LogP contribution in [0.5, 0.6) is 0 Å². The first-order valence-corrected chi connectivity index (χ1v) is 3.55. The molecular weight excluding hydrogens is 114 g/mol. The second kappa shape index (κ2) is 4.77. The highest BCUT2D eigenvalue weighted by molar-refractivity contribution is 4.65. The van der Waals surface area contributed by atoms with E-state index in [1.54, 1.807) is 0 Å². The SMILES string of the molecule is CCOC1CCCC1.N. The van der Waals surface area contributed by atoms with Crippen LogP contribution in [0.4, 0.5) is 0 Å². The monoisotopic (exact) mass is 131 g/mol. The molecule has 0 amide bonds. The van der Waals surface area contributed by atoms with Crippen LogP contribution in [-0.2, 0) is 4.74 Å². The summed E-state index contributed by atoms with van der Waals surface area (Å²) in [7, 11) is 0. The van der Waals surface area contributed by atoms with Gasteiger partial charge in [-0.3, -0.25) is 0 Å². The van der Waals surface area contributed by atoms with Gasteiger partial charge in [0.2, 0.25) is 0 Å². The fourth-order valence-electron chi connectivity index (χ4n) is 1.29. The Labute approximate surface area is 57.2 Å². The van der Waals surface area contributed by atoms with Gasteiger partial charge < -0.3 is 10.9 Å². The predicted octanol–water partition coefficient (Wildman–Crippen LogP) is 2.13. The van der Waals surface area contributed by atoms with Gasteiger partial charge in [-0.2, -0.15) is 0 Å². The highest BCUT2D eigenvalue weighted by Gasteiger charge is 2.13. The molecule has 0 aromatic rings. The molecule has 1 saturated carbocycles. The first-order chi connectivity index (χ1) is 3.93. The summed E-state index contributed by atoms with van der Waals surface area (Å²) in [6.07, 6.45) is 5.97. The van der Waals surface area contributed by atoms with Gasteiger partial charge >= 0.3 is 0 Å². The van der Waals surface area contributed by atoms with Crippen molar-refractivity contribution in [2.75, 3.05) is 6.61 Å². The first-order valence-electron chi connectivity index (χ1n) is 3.55. The minimum Gasteiger partial charge on any atom is -0.379 e. The lowest BCUT2D eigenvalue weighted by atomic mass is 10.3. The topological polar surface area (TPSA) is 44.2 Å². The molecule has 2 nitrogen and oxygen atoms in total. The number of hydrogen-bond acceptors (Lipinski definition) is 2. The summed E-state index contributed by atoms with van der Waals surface area (Å²) in [4.78, 5) is 0. The smallest absolute Gasteiger partial charge is 0.0575 e. The highest BCUT2D eigenvalue weighted by atomic mass is 16.5. The summed E-state index contributed by atoms with van der Waals surface area (Å²) in [6, 6.07) is 0. The van der Waals surface area contributed by atoms with E-state index in [9.17, 15) is 0 Å². The van der Waals surface area contributed by atoms with E-state index in [0.717, 1.165) is 6.61 Å². The summed E-state index contributed by atoms with van der Waals surface area (Å²) in [5.74, 6) is 0. The number of hydrogen-bond donors (Lipinski definition) is 1. The average molecular weight is 131 g/mol. The Morgan fingerprint density at radius 3 is 2.33 bits per heavy atom. The van der Waals surface area contributed by atoms with Crippen molar-refractivity contribution < 1.29 is 4.74 Å². The maximum absolute atomic E-state index is 5.40. The molecule has 0 unspecified atom stereocenters. The average Bonchev–Trinajstić information content (AvgIpc) is 2.19. The van der Waals surface area contributed by atoms with E-state index in [0.29, 0.717) is 6.10 Å². The van der Waals surface area contributed by atoms with Crippen LogP contribution in [0.3, 0.4) is 0 Å². The van der Waals surface area contributed by atoms with Crippen LogP contribution in [-0.4, -0.2) is 12.7 Å². The standard InChI is InChI=1S/C7H14O.H3N/c1-2-8-7-5-3-4-6-7;/h7H,2-6H2,1H3;1H3. The summed E-state index contributed by atoms with van der Waals surface area (Å²) in [6.45, 7) is 2.96. The summed E-state index contributed by atoms with van der Waals surface area (Å²) >= 11 is 0. The van der Waals surface area contributed by atoms with Gasteiger partial charge in [-0.1, -0.05) is 12.8 Å². The fourth-order valence-corrected chi connectivity index (χ4v) is 1.29. The van der Waals surface area contributed by atoms with Crippen LogP contribution in [0.2, 0.25) is 0 Å². The van der Waals surface area contributed by atoms with E-state index in [1.807, 2.05) is 0 Å². The van der Waals surface area contributed by atoms with Gasteiger partial charge in [0.1, 0.15) is 0 Å². The van der Waals surface area contributed by atoms with E-state index in [4.69, 9.17) is 4.74 Å². The maximum Gasteiger partial charge on any atom is 0.0575 e. The molecule has 3 N–H and O–H groups in total. The van der Waals surface area contributed by atoms with Crippen molar-refractivity contribution in [1.29, 1.82) is 0 Å². The third kappa shape index (κ3) is 2.82. The molecule has 1 aliphatic carbocycles. The van der Waals surface area contributed by atoms with E-state index in [1.165, 1.54) is 25.7 Å². The normalized spacial score (nSPS) is 19.7. The number of rotatable bonds is 2. The molecular formula is C7H17NO. The molecule has 9 heavy (non-hydrogen) atoms. The quantitative estimate of drug-likeness (QED) is 0.624. The molecule has 0 saturated heterocycles. The summed E-state index contributed by atoms with van der Waals surface area (Å²) in [5.41, 5.74) is 0. The van der Waals surface area contributed by atoms with Crippen molar-refractivity contribution in [2.45, 2.75) is 38.7 Å². The summed E-state index contributed by atoms with van der Waals surface area (Å²) in [5, 5.41) is 0. The van der Waals surface area contributed by atoms with Crippen molar-refractivity contribution in [3.8, 4) is 0 Å². The maximum atomic E-state index is 5.40. The molecule has 0 heterocycles. The molecule has 0 atom stereocenters. The van der Waals surface area contributed by atoms with Crippen molar-refractivity contribution in [2.24, 2.45) is 0 Å². The third-order valence-corrected chi connectivity index (χ3v) is 1.70. The highest BCUT2D eigenvalue weighted by Crippen LogP contribution is 2.20. The molecule has 56 valence electrons. The molecule has 0 aliphatic heterocycles. The van der Waals surface area contributed by atoms with Gasteiger partial charge in [-0.15, -0.1) is 0 Å². The second-order valence-corrected chi connectivity index (χ2v) is 2.36. The van der Waals surface area contributed by atoms with E-state index < -0.39 is 0 Å². The zero-order valence-corrected chi connectivity index (χ0v) is 6.23. The van der Waals surface area contributed by atoms with Crippen LogP contribution in [0.25, 0.3) is 0 Å². The molecule has 1 fully saturated rings. The largest absolute Gasteiger partial charge is 0.379 e. The van der Waals surface area contributed by atoms with Crippen molar-refractivity contribution in [3.63, 3.8) is 0 Å². The minimum absolute atomic E-state index is 0. The zero-order valence-electron chi connectivity index (χ0n) is 6.23. The van der Waals surface area contributed by atoms with Crippen LogP contribution in [0.1, 0.15) is 32.6 Å².